The van der Waals surface area contributed by atoms with Gasteiger partial charge in [0.1, 0.15) is 0 Å². The Hall–Kier alpha value is -0.820. The van der Waals surface area contributed by atoms with E-state index in [4.69, 9.17) is 0 Å². The maximum atomic E-state index is 12.6. The van der Waals surface area contributed by atoms with Crippen LogP contribution in [0.2, 0.25) is 0 Å². The highest BCUT2D eigenvalue weighted by Crippen LogP contribution is 2.24. The van der Waals surface area contributed by atoms with Gasteiger partial charge in [-0.1, -0.05) is 0 Å². The predicted molar refractivity (Wildman–Crippen MR) is 101 cm³/mol. The highest BCUT2D eigenvalue weighted by Gasteiger charge is 2.22. The minimum absolute atomic E-state index is 0.149. The van der Waals surface area contributed by atoms with Crippen molar-refractivity contribution in [1.29, 1.82) is 0 Å². The number of nitrogens with zero attached hydrogens (tertiary/aromatic N) is 2. The first-order valence-corrected chi connectivity index (χ1v) is 10.4. The Balaban J connectivity index is 1.54. The summed E-state index contributed by atoms with van der Waals surface area (Å²) in [5.41, 5.74) is 0.790. The van der Waals surface area contributed by atoms with Crippen molar-refractivity contribution in [2.45, 2.75) is 11.4 Å². The van der Waals surface area contributed by atoms with Gasteiger partial charge in [-0.2, -0.15) is 0 Å². The van der Waals surface area contributed by atoms with Crippen LogP contribution in [0.5, 0.6) is 0 Å². The van der Waals surface area contributed by atoms with Crippen molar-refractivity contribution in [2.24, 2.45) is 0 Å². The third kappa shape index (κ3) is 4.38. The predicted octanol–water partition coefficient (Wildman–Crippen LogP) is 4.19. The van der Waals surface area contributed by atoms with Crippen LogP contribution >= 0.6 is 39.0 Å². The van der Waals surface area contributed by atoms with Gasteiger partial charge in [0.05, 0.1) is 3.79 Å². The summed E-state index contributed by atoms with van der Waals surface area (Å²) in [6, 6.07) is 12.2. The fraction of sp³-hybridized carbons (Fsp3) is 0.353. The average Bonchev–Trinajstić information content (AvgIpc) is 3.00. The summed E-state index contributed by atoms with van der Waals surface area (Å²) in [6.45, 7) is 4.44. The first kappa shape index (κ1) is 17.0. The Morgan fingerprint density at radius 3 is 2.39 bits per heavy atom. The van der Waals surface area contributed by atoms with E-state index in [-0.39, 0.29) is 5.91 Å². The lowest BCUT2D eigenvalue weighted by atomic mass is 10.2. The largest absolute Gasteiger partial charge is 0.336 e. The number of amides is 1. The zero-order valence-corrected chi connectivity index (χ0v) is 16.2. The molecular formula is C17H19BrN2OS2. The lowest BCUT2D eigenvalue weighted by Crippen LogP contribution is -2.48. The molecule has 122 valence electrons. The van der Waals surface area contributed by atoms with Gasteiger partial charge < -0.3 is 4.90 Å². The monoisotopic (exact) mass is 410 g/mol. The topological polar surface area (TPSA) is 23.6 Å². The standard InChI is InChI=1S/C17H19BrN2OS2/c1-22-14-4-2-13(3-5-14)17(21)20-10-8-19(9-11-20)12-15-6-7-16(18)23-15/h2-7H,8-12H2,1H3. The van der Waals surface area contributed by atoms with Gasteiger partial charge in [0.25, 0.3) is 5.91 Å². The second-order valence-electron chi connectivity index (χ2n) is 5.50. The van der Waals surface area contributed by atoms with E-state index >= 15 is 0 Å². The van der Waals surface area contributed by atoms with Crippen molar-refractivity contribution >= 4 is 44.9 Å². The van der Waals surface area contributed by atoms with Crippen molar-refractivity contribution in [3.8, 4) is 0 Å². The zero-order valence-electron chi connectivity index (χ0n) is 13.0. The maximum Gasteiger partial charge on any atom is 0.253 e. The Labute approximate surface area is 153 Å². The first-order chi connectivity index (χ1) is 11.2. The highest BCUT2D eigenvalue weighted by atomic mass is 79.9. The molecule has 0 atom stereocenters. The Morgan fingerprint density at radius 1 is 1.13 bits per heavy atom. The molecule has 0 saturated carbocycles. The Morgan fingerprint density at radius 2 is 1.83 bits per heavy atom. The number of thiophene rings is 1. The molecule has 1 aromatic heterocycles. The van der Waals surface area contributed by atoms with Gasteiger partial charge in [-0.15, -0.1) is 23.1 Å². The number of carbonyl (C=O) groups excluding carboxylic acids is 1. The fourth-order valence-corrected chi connectivity index (χ4v) is 4.62. The number of thioether (sulfide) groups is 1. The van der Waals surface area contributed by atoms with E-state index in [2.05, 4.69) is 33.0 Å². The third-order valence-electron chi connectivity index (χ3n) is 4.00. The van der Waals surface area contributed by atoms with Crippen molar-refractivity contribution in [1.82, 2.24) is 9.80 Å². The van der Waals surface area contributed by atoms with Crippen LogP contribution in [0.15, 0.2) is 45.1 Å². The van der Waals surface area contributed by atoms with E-state index < -0.39 is 0 Å². The van der Waals surface area contributed by atoms with E-state index in [1.807, 2.05) is 35.4 Å². The summed E-state index contributed by atoms with van der Waals surface area (Å²) in [5, 5.41) is 0. The SMILES string of the molecule is CSc1ccc(C(=O)N2CCN(Cc3ccc(Br)s3)CC2)cc1. The van der Waals surface area contributed by atoms with Crippen LogP contribution in [0.1, 0.15) is 15.2 Å². The molecule has 1 fully saturated rings. The number of halogens is 1. The molecule has 23 heavy (non-hydrogen) atoms. The Bertz CT molecular complexity index is 663. The van der Waals surface area contributed by atoms with Crippen molar-refractivity contribution in [2.75, 3.05) is 32.4 Å². The second kappa shape index (κ2) is 7.83. The number of hydrogen-bond acceptors (Lipinski definition) is 4. The van der Waals surface area contributed by atoms with Gasteiger partial charge in [0.2, 0.25) is 0 Å². The normalized spacial score (nSPS) is 15.8. The molecule has 2 aromatic rings. The molecule has 6 heteroatoms. The molecule has 1 aliphatic rings. The van der Waals surface area contributed by atoms with Gasteiger partial charge in [0.15, 0.2) is 0 Å². The molecule has 0 spiro atoms. The summed E-state index contributed by atoms with van der Waals surface area (Å²) in [4.78, 5) is 19.5. The van der Waals surface area contributed by atoms with E-state index in [1.54, 1.807) is 23.1 Å². The summed E-state index contributed by atoms with van der Waals surface area (Å²) >= 11 is 6.98. The highest BCUT2D eigenvalue weighted by molar-refractivity contribution is 9.11. The molecular weight excluding hydrogens is 392 g/mol. The van der Waals surface area contributed by atoms with E-state index in [0.717, 1.165) is 38.3 Å². The number of carbonyl (C=O) groups is 1. The summed E-state index contributed by atoms with van der Waals surface area (Å²) in [5.74, 6) is 0.149. The zero-order chi connectivity index (χ0) is 16.2. The third-order valence-corrected chi connectivity index (χ3v) is 6.36. The molecule has 2 heterocycles. The van der Waals surface area contributed by atoms with Crippen LogP contribution in [-0.4, -0.2) is 48.1 Å². The molecule has 1 aliphatic heterocycles. The van der Waals surface area contributed by atoms with E-state index in [9.17, 15) is 4.79 Å². The van der Waals surface area contributed by atoms with Crippen LogP contribution in [0.4, 0.5) is 0 Å². The van der Waals surface area contributed by atoms with Crippen LogP contribution in [0.3, 0.4) is 0 Å². The molecule has 0 unspecified atom stereocenters. The summed E-state index contributed by atoms with van der Waals surface area (Å²) in [7, 11) is 0. The molecule has 1 aromatic carbocycles. The number of hydrogen-bond donors (Lipinski definition) is 0. The lowest BCUT2D eigenvalue weighted by Gasteiger charge is -2.34. The molecule has 0 N–H and O–H groups in total. The van der Waals surface area contributed by atoms with Crippen LogP contribution in [-0.2, 0) is 6.54 Å². The lowest BCUT2D eigenvalue weighted by molar-refractivity contribution is 0.0629. The smallest absolute Gasteiger partial charge is 0.253 e. The number of benzene rings is 1. The molecule has 3 nitrogen and oxygen atoms in total. The van der Waals surface area contributed by atoms with Crippen molar-refractivity contribution in [3.05, 3.63) is 50.6 Å². The van der Waals surface area contributed by atoms with Crippen LogP contribution in [0, 0.1) is 0 Å². The summed E-state index contributed by atoms with van der Waals surface area (Å²) < 4.78 is 1.18. The molecule has 0 radical (unpaired) electrons. The first-order valence-electron chi connectivity index (χ1n) is 7.55. The maximum absolute atomic E-state index is 12.6. The van der Waals surface area contributed by atoms with E-state index in [1.165, 1.54) is 13.6 Å². The van der Waals surface area contributed by atoms with Gasteiger partial charge in [-0.25, -0.2) is 0 Å². The Kier molecular flexibility index (Phi) is 5.80. The molecule has 1 amide bonds. The van der Waals surface area contributed by atoms with Crippen LogP contribution < -0.4 is 0 Å². The van der Waals surface area contributed by atoms with E-state index in [0.29, 0.717) is 0 Å². The molecule has 3 rings (SSSR count). The van der Waals surface area contributed by atoms with Gasteiger partial charge in [-0.05, 0) is 58.6 Å². The summed E-state index contributed by atoms with van der Waals surface area (Å²) in [6.07, 6.45) is 2.04. The van der Waals surface area contributed by atoms with Gasteiger partial charge in [-0.3, -0.25) is 9.69 Å². The quantitative estimate of drug-likeness (QED) is 0.705. The average molecular weight is 411 g/mol. The van der Waals surface area contributed by atoms with Gasteiger partial charge in [0, 0.05) is 48.1 Å². The van der Waals surface area contributed by atoms with Crippen molar-refractivity contribution < 1.29 is 4.79 Å². The van der Waals surface area contributed by atoms with Crippen molar-refractivity contribution in [3.63, 3.8) is 0 Å². The fourth-order valence-electron chi connectivity index (χ4n) is 2.68. The minimum atomic E-state index is 0.149. The molecule has 1 saturated heterocycles. The second-order valence-corrected chi connectivity index (χ2v) is 8.93. The number of rotatable bonds is 4. The molecule has 0 aliphatic carbocycles. The van der Waals surface area contributed by atoms with Crippen LogP contribution in [0.25, 0.3) is 0 Å². The van der Waals surface area contributed by atoms with Gasteiger partial charge >= 0.3 is 0 Å². The minimum Gasteiger partial charge on any atom is -0.336 e. The number of piperazine rings is 1. The molecule has 0 bridgehead atoms.